The average Bonchev–Trinajstić information content (AvgIpc) is 2.67. The Labute approximate surface area is 174 Å². The van der Waals surface area contributed by atoms with Gasteiger partial charge in [0, 0.05) is 27.2 Å². The molecule has 0 fully saturated rings. The second-order valence-electron chi connectivity index (χ2n) is 6.00. The van der Waals surface area contributed by atoms with Crippen LogP contribution in [0.25, 0.3) is 0 Å². The van der Waals surface area contributed by atoms with Crippen LogP contribution in [0.2, 0.25) is 0 Å². The van der Waals surface area contributed by atoms with E-state index in [0.717, 1.165) is 10.5 Å². The van der Waals surface area contributed by atoms with Gasteiger partial charge in [0.1, 0.15) is 29.7 Å². The molecule has 29 heavy (non-hydrogen) atoms. The summed E-state index contributed by atoms with van der Waals surface area (Å²) >= 11 is 3.36. The summed E-state index contributed by atoms with van der Waals surface area (Å²) in [7, 11) is 0. The molecule has 3 N–H and O–H groups in total. The number of hydrogen-bond acceptors (Lipinski definition) is 5. The Morgan fingerprint density at radius 1 is 1.10 bits per heavy atom. The van der Waals surface area contributed by atoms with Crippen LogP contribution >= 0.6 is 15.9 Å². The van der Waals surface area contributed by atoms with Crippen LogP contribution in [0.15, 0.2) is 70.2 Å². The first kappa shape index (κ1) is 20.3. The summed E-state index contributed by atoms with van der Waals surface area (Å²) in [6.45, 7) is 0.0318. The lowest BCUT2D eigenvalue weighted by Crippen LogP contribution is -2.17. The second-order valence-corrected chi connectivity index (χ2v) is 6.92. The Kier molecular flexibility index (Phi) is 6.46. The van der Waals surface area contributed by atoms with E-state index in [1.54, 1.807) is 36.4 Å². The molecule has 0 aliphatic carbocycles. The van der Waals surface area contributed by atoms with Crippen molar-refractivity contribution in [3.05, 3.63) is 87.6 Å². The zero-order valence-electron chi connectivity index (χ0n) is 15.0. The third-order valence-corrected chi connectivity index (χ3v) is 4.34. The quantitative estimate of drug-likeness (QED) is 0.378. The molecule has 0 aliphatic heterocycles. The number of benzene rings is 3. The summed E-state index contributed by atoms with van der Waals surface area (Å²) in [6, 6.07) is 15.0. The number of phenols is 2. The molecule has 0 atom stereocenters. The SMILES string of the molecule is O=C(NN=Cc1cc(Br)ccc1OCc1ccccc1F)c1cc(O)cc(O)c1. The van der Waals surface area contributed by atoms with Gasteiger partial charge in [0.2, 0.25) is 0 Å². The molecule has 148 valence electrons. The topological polar surface area (TPSA) is 91.2 Å². The zero-order chi connectivity index (χ0) is 20.8. The number of nitrogens with one attached hydrogen (secondary N) is 1. The van der Waals surface area contributed by atoms with Gasteiger partial charge in [0.25, 0.3) is 5.91 Å². The van der Waals surface area contributed by atoms with Crippen molar-refractivity contribution >= 4 is 28.1 Å². The number of aromatic hydroxyl groups is 2. The fourth-order valence-corrected chi connectivity index (χ4v) is 2.85. The number of nitrogens with zero attached hydrogens (tertiary/aromatic N) is 1. The van der Waals surface area contributed by atoms with Crippen LogP contribution < -0.4 is 10.2 Å². The van der Waals surface area contributed by atoms with E-state index in [9.17, 15) is 19.4 Å². The highest BCUT2D eigenvalue weighted by Gasteiger charge is 2.09. The van der Waals surface area contributed by atoms with Crippen molar-refractivity contribution in [3.8, 4) is 17.2 Å². The number of halogens is 2. The molecule has 0 unspecified atom stereocenters. The summed E-state index contributed by atoms with van der Waals surface area (Å²) in [5, 5.41) is 22.8. The average molecular weight is 459 g/mol. The molecule has 0 radical (unpaired) electrons. The molecule has 0 saturated heterocycles. The Morgan fingerprint density at radius 3 is 2.55 bits per heavy atom. The van der Waals surface area contributed by atoms with Crippen LogP contribution in [0.4, 0.5) is 4.39 Å². The van der Waals surface area contributed by atoms with Gasteiger partial charge in [0.05, 0.1) is 6.21 Å². The molecule has 1 amide bonds. The number of carbonyl (C=O) groups is 1. The third kappa shape index (κ3) is 5.55. The highest BCUT2D eigenvalue weighted by Crippen LogP contribution is 2.23. The molecule has 3 aromatic rings. The van der Waals surface area contributed by atoms with E-state index in [4.69, 9.17) is 4.74 Å². The van der Waals surface area contributed by atoms with Gasteiger partial charge in [-0.05, 0) is 36.4 Å². The minimum absolute atomic E-state index is 0.0318. The van der Waals surface area contributed by atoms with E-state index >= 15 is 0 Å². The lowest BCUT2D eigenvalue weighted by Gasteiger charge is -2.10. The van der Waals surface area contributed by atoms with E-state index in [1.165, 1.54) is 24.4 Å². The number of ether oxygens (including phenoxy) is 1. The van der Waals surface area contributed by atoms with Crippen molar-refractivity contribution in [1.82, 2.24) is 5.43 Å². The predicted octanol–water partition coefficient (Wildman–Crippen LogP) is 4.34. The van der Waals surface area contributed by atoms with Crippen molar-refractivity contribution < 1.29 is 24.1 Å². The molecule has 0 aliphatic rings. The monoisotopic (exact) mass is 458 g/mol. The zero-order valence-corrected chi connectivity index (χ0v) is 16.6. The normalized spacial score (nSPS) is 10.8. The molecule has 0 saturated carbocycles. The minimum atomic E-state index is -0.615. The molecule has 3 aromatic carbocycles. The number of phenolic OH excluding ortho intramolecular Hbond substituents is 2. The largest absolute Gasteiger partial charge is 0.508 e. The van der Waals surface area contributed by atoms with Crippen molar-refractivity contribution in [2.75, 3.05) is 0 Å². The van der Waals surface area contributed by atoms with Gasteiger partial charge in [-0.25, -0.2) is 9.82 Å². The molecule has 0 heterocycles. The molecular formula is C21H16BrFN2O4. The Balaban J connectivity index is 1.72. The number of rotatable bonds is 6. The van der Waals surface area contributed by atoms with E-state index in [1.807, 2.05) is 0 Å². The highest BCUT2D eigenvalue weighted by atomic mass is 79.9. The van der Waals surface area contributed by atoms with Crippen molar-refractivity contribution in [1.29, 1.82) is 0 Å². The van der Waals surface area contributed by atoms with Crippen LogP contribution in [0.5, 0.6) is 17.2 Å². The van der Waals surface area contributed by atoms with Crippen LogP contribution in [0.1, 0.15) is 21.5 Å². The smallest absolute Gasteiger partial charge is 0.271 e. The Hall–Kier alpha value is -3.39. The van der Waals surface area contributed by atoms with Crippen LogP contribution in [0.3, 0.4) is 0 Å². The summed E-state index contributed by atoms with van der Waals surface area (Å²) in [5.41, 5.74) is 3.32. The first-order valence-corrected chi connectivity index (χ1v) is 9.24. The maximum Gasteiger partial charge on any atom is 0.271 e. The van der Waals surface area contributed by atoms with Gasteiger partial charge in [-0.3, -0.25) is 4.79 Å². The molecule has 6 nitrogen and oxygen atoms in total. The van der Waals surface area contributed by atoms with Gasteiger partial charge >= 0.3 is 0 Å². The van der Waals surface area contributed by atoms with E-state index < -0.39 is 5.91 Å². The van der Waals surface area contributed by atoms with Crippen LogP contribution in [-0.4, -0.2) is 22.3 Å². The lowest BCUT2D eigenvalue weighted by atomic mass is 10.2. The number of hydrazone groups is 1. The fraction of sp³-hybridized carbons (Fsp3) is 0.0476. The fourth-order valence-electron chi connectivity index (χ4n) is 2.47. The number of amides is 1. The van der Waals surface area contributed by atoms with Crippen molar-refractivity contribution in [2.24, 2.45) is 5.10 Å². The Bertz CT molecular complexity index is 1050. The Morgan fingerprint density at radius 2 is 1.83 bits per heavy atom. The first-order chi connectivity index (χ1) is 13.9. The minimum Gasteiger partial charge on any atom is -0.508 e. The number of hydrogen-bond donors (Lipinski definition) is 3. The molecule has 0 spiro atoms. The highest BCUT2D eigenvalue weighted by molar-refractivity contribution is 9.10. The summed E-state index contributed by atoms with van der Waals surface area (Å²) < 4.78 is 20.2. The molecule has 3 rings (SSSR count). The van der Waals surface area contributed by atoms with Gasteiger partial charge in [-0.15, -0.1) is 0 Å². The molecule has 0 aromatic heterocycles. The maximum atomic E-state index is 13.8. The summed E-state index contributed by atoms with van der Waals surface area (Å²) in [5.74, 6) is -1.01. The second kappa shape index (κ2) is 9.20. The van der Waals surface area contributed by atoms with Gasteiger partial charge < -0.3 is 14.9 Å². The first-order valence-electron chi connectivity index (χ1n) is 8.44. The summed E-state index contributed by atoms with van der Waals surface area (Å²) in [4.78, 5) is 12.1. The maximum absolute atomic E-state index is 13.8. The van der Waals surface area contributed by atoms with E-state index in [0.29, 0.717) is 16.9 Å². The van der Waals surface area contributed by atoms with Gasteiger partial charge in [-0.1, -0.05) is 34.1 Å². The number of carbonyl (C=O) groups excluding carboxylic acids is 1. The lowest BCUT2D eigenvalue weighted by molar-refractivity contribution is 0.0954. The predicted molar refractivity (Wildman–Crippen MR) is 110 cm³/mol. The summed E-state index contributed by atoms with van der Waals surface area (Å²) in [6.07, 6.45) is 1.38. The van der Waals surface area contributed by atoms with Crippen LogP contribution in [-0.2, 0) is 6.61 Å². The van der Waals surface area contributed by atoms with E-state index in [2.05, 4.69) is 26.5 Å². The van der Waals surface area contributed by atoms with Crippen LogP contribution in [0, 0.1) is 5.82 Å². The van der Waals surface area contributed by atoms with Crippen molar-refractivity contribution in [2.45, 2.75) is 6.61 Å². The van der Waals surface area contributed by atoms with E-state index in [-0.39, 0.29) is 29.5 Å². The third-order valence-electron chi connectivity index (χ3n) is 3.85. The molecule has 0 bridgehead atoms. The molecular weight excluding hydrogens is 443 g/mol. The molecule has 8 heteroatoms. The standard InChI is InChI=1S/C21H16BrFN2O4/c22-16-5-6-20(29-12-13-3-1-2-4-19(13)23)15(7-16)11-24-25-21(28)14-8-17(26)10-18(27)9-14/h1-11,26-27H,12H2,(H,25,28). The van der Waals surface area contributed by atoms with Crippen molar-refractivity contribution in [3.63, 3.8) is 0 Å². The van der Waals surface area contributed by atoms with Gasteiger partial charge in [-0.2, -0.15) is 5.10 Å². The van der Waals surface area contributed by atoms with Gasteiger partial charge in [0.15, 0.2) is 0 Å².